The highest BCUT2D eigenvalue weighted by molar-refractivity contribution is 7.89. The van der Waals surface area contributed by atoms with E-state index < -0.39 is 16.0 Å². The van der Waals surface area contributed by atoms with Gasteiger partial charge < -0.3 is 4.74 Å². The topological polar surface area (TPSA) is 72.5 Å². The Bertz CT molecular complexity index is 732. The minimum atomic E-state index is -3.79. The van der Waals surface area contributed by atoms with Crippen molar-refractivity contribution >= 4 is 38.7 Å². The number of nitrogens with one attached hydrogen (secondary N) is 1. The molecule has 0 saturated heterocycles. The predicted molar refractivity (Wildman–Crippen MR) is 83.5 cm³/mol. The predicted octanol–water partition coefficient (Wildman–Crippen LogP) is 2.94. The van der Waals surface area contributed by atoms with E-state index in [1.807, 2.05) is 17.5 Å². The molecule has 0 amide bonds. The van der Waals surface area contributed by atoms with Crippen LogP contribution in [0.1, 0.15) is 33.1 Å². The lowest BCUT2D eigenvalue weighted by Crippen LogP contribution is -2.28. The summed E-state index contributed by atoms with van der Waals surface area (Å²) in [4.78, 5) is 12.7. The summed E-state index contributed by atoms with van der Waals surface area (Å²) in [5, 5.41) is 3.52. The van der Waals surface area contributed by atoms with Gasteiger partial charge in [0, 0.05) is 4.88 Å². The molecule has 2 rings (SSSR count). The van der Waals surface area contributed by atoms with Gasteiger partial charge in [-0.2, -0.15) is 0 Å². The van der Waals surface area contributed by atoms with Crippen LogP contribution in [0.15, 0.2) is 27.8 Å². The lowest BCUT2D eigenvalue weighted by Gasteiger charge is -2.13. The fourth-order valence-electron chi connectivity index (χ4n) is 1.89. The second-order valence-electron chi connectivity index (χ2n) is 4.43. The molecule has 0 bridgehead atoms. The number of ether oxygens (including phenoxy) is 1. The number of carbonyl (C=O) groups is 1. The number of hydrogen-bond donors (Lipinski definition) is 1. The Hall–Kier alpha value is -1.22. The van der Waals surface area contributed by atoms with E-state index in [9.17, 15) is 13.2 Å². The molecule has 1 unspecified atom stereocenters. The van der Waals surface area contributed by atoms with Gasteiger partial charge >= 0.3 is 5.97 Å². The molecular weight excluding hydrogens is 330 g/mol. The number of rotatable bonds is 5. The van der Waals surface area contributed by atoms with E-state index in [1.165, 1.54) is 18.4 Å². The monoisotopic (exact) mass is 345 g/mol. The molecular formula is C13H15NO4S3. The van der Waals surface area contributed by atoms with Crippen molar-refractivity contribution in [3.63, 3.8) is 0 Å². The van der Waals surface area contributed by atoms with Crippen LogP contribution in [0.5, 0.6) is 0 Å². The molecule has 0 radical (unpaired) electrons. The van der Waals surface area contributed by atoms with Crippen LogP contribution in [0.2, 0.25) is 0 Å². The zero-order chi connectivity index (χ0) is 15.6. The molecule has 0 fully saturated rings. The van der Waals surface area contributed by atoms with E-state index in [4.69, 9.17) is 0 Å². The summed E-state index contributed by atoms with van der Waals surface area (Å²) >= 11 is 2.54. The molecule has 0 saturated carbocycles. The largest absolute Gasteiger partial charge is 0.465 e. The molecule has 5 nitrogen and oxygen atoms in total. The summed E-state index contributed by atoms with van der Waals surface area (Å²) in [5.41, 5.74) is 0.534. The molecule has 2 heterocycles. The fourth-order valence-corrected chi connectivity index (χ4v) is 5.63. The van der Waals surface area contributed by atoms with Crippen molar-refractivity contribution in [3.05, 3.63) is 38.2 Å². The smallest absolute Gasteiger partial charge is 0.349 e. The van der Waals surface area contributed by atoms with Crippen molar-refractivity contribution in [2.75, 3.05) is 7.11 Å². The number of carbonyl (C=O) groups excluding carboxylic acids is 1. The molecule has 1 N–H and O–H groups in total. The minimum absolute atomic E-state index is 0.00255. The normalized spacial score (nSPS) is 13.1. The molecule has 2 aromatic heterocycles. The van der Waals surface area contributed by atoms with Crippen LogP contribution in [0.3, 0.4) is 0 Å². The second kappa shape index (κ2) is 6.27. The van der Waals surface area contributed by atoms with Gasteiger partial charge in [0.2, 0.25) is 10.0 Å². The molecule has 8 heteroatoms. The third kappa shape index (κ3) is 3.34. The fraction of sp³-hybridized carbons (Fsp3) is 0.308. The van der Waals surface area contributed by atoms with E-state index in [1.54, 1.807) is 19.2 Å². The summed E-state index contributed by atoms with van der Waals surface area (Å²) in [7, 11) is -2.56. The van der Waals surface area contributed by atoms with Gasteiger partial charge in [0.05, 0.1) is 13.2 Å². The second-order valence-corrected chi connectivity index (χ2v) is 7.94. The van der Waals surface area contributed by atoms with E-state index >= 15 is 0 Å². The van der Waals surface area contributed by atoms with Gasteiger partial charge in [0.1, 0.15) is 9.77 Å². The highest BCUT2D eigenvalue weighted by Crippen LogP contribution is 2.29. The van der Waals surface area contributed by atoms with E-state index in [2.05, 4.69) is 9.46 Å². The first-order chi connectivity index (χ1) is 9.86. The number of aryl methyl sites for hydroxylation is 1. The van der Waals surface area contributed by atoms with E-state index in [-0.39, 0.29) is 15.8 Å². The maximum Gasteiger partial charge on any atom is 0.349 e. The Labute approximate surface area is 131 Å². The Kier molecular flexibility index (Phi) is 4.82. The summed E-state index contributed by atoms with van der Waals surface area (Å²) in [5.74, 6) is -0.641. The zero-order valence-corrected chi connectivity index (χ0v) is 14.2. The van der Waals surface area contributed by atoms with Crippen LogP contribution in [-0.2, 0) is 14.8 Å². The van der Waals surface area contributed by atoms with Gasteiger partial charge in [0.15, 0.2) is 0 Å². The number of sulfonamides is 1. The van der Waals surface area contributed by atoms with Crippen LogP contribution >= 0.6 is 22.7 Å². The van der Waals surface area contributed by atoms with Crippen molar-refractivity contribution in [2.24, 2.45) is 0 Å². The number of esters is 1. The van der Waals surface area contributed by atoms with Gasteiger partial charge in [-0.1, -0.05) is 6.07 Å². The van der Waals surface area contributed by atoms with Crippen LogP contribution in [0.25, 0.3) is 0 Å². The molecule has 1 atom stereocenters. The number of methoxy groups -OCH3 is 1. The number of thiophene rings is 2. The van der Waals surface area contributed by atoms with Crippen LogP contribution in [0, 0.1) is 6.92 Å². The average molecular weight is 345 g/mol. The first-order valence-corrected chi connectivity index (χ1v) is 9.33. The molecule has 0 aliphatic carbocycles. The summed E-state index contributed by atoms with van der Waals surface area (Å²) in [6.45, 7) is 3.43. The molecule has 0 aromatic carbocycles. The highest BCUT2D eigenvalue weighted by Gasteiger charge is 2.29. The van der Waals surface area contributed by atoms with E-state index in [0.717, 1.165) is 16.2 Å². The van der Waals surface area contributed by atoms with Crippen LogP contribution in [-0.4, -0.2) is 21.5 Å². The van der Waals surface area contributed by atoms with Gasteiger partial charge in [-0.3, -0.25) is 0 Å². The minimum Gasteiger partial charge on any atom is -0.465 e. The summed E-state index contributed by atoms with van der Waals surface area (Å²) in [6.07, 6.45) is 0. The quantitative estimate of drug-likeness (QED) is 0.846. The van der Waals surface area contributed by atoms with Crippen molar-refractivity contribution in [1.82, 2.24) is 4.72 Å². The average Bonchev–Trinajstić information content (AvgIpc) is 3.06. The Balaban J connectivity index is 2.36. The van der Waals surface area contributed by atoms with E-state index in [0.29, 0.717) is 5.56 Å². The van der Waals surface area contributed by atoms with Crippen molar-refractivity contribution in [3.8, 4) is 0 Å². The first kappa shape index (κ1) is 16.2. The summed E-state index contributed by atoms with van der Waals surface area (Å²) < 4.78 is 32.4. The van der Waals surface area contributed by atoms with Crippen LogP contribution in [0.4, 0.5) is 0 Å². The lowest BCUT2D eigenvalue weighted by atomic mass is 10.3. The molecule has 0 aliphatic rings. The van der Waals surface area contributed by atoms with Crippen molar-refractivity contribution in [2.45, 2.75) is 24.8 Å². The van der Waals surface area contributed by atoms with Gasteiger partial charge in [-0.05, 0) is 36.2 Å². The summed E-state index contributed by atoms with van der Waals surface area (Å²) in [6, 6.07) is 3.36. The highest BCUT2D eigenvalue weighted by atomic mass is 32.2. The maximum absolute atomic E-state index is 12.6. The molecule has 2 aromatic rings. The van der Waals surface area contributed by atoms with Gasteiger partial charge in [-0.25, -0.2) is 17.9 Å². The number of hydrogen-bond acceptors (Lipinski definition) is 6. The Morgan fingerprint density at radius 3 is 2.67 bits per heavy atom. The Morgan fingerprint density at radius 2 is 2.10 bits per heavy atom. The third-order valence-corrected chi connectivity index (χ3v) is 6.85. The first-order valence-electron chi connectivity index (χ1n) is 6.09. The Morgan fingerprint density at radius 1 is 1.38 bits per heavy atom. The SMILES string of the molecule is COC(=O)c1scc(C)c1S(=O)(=O)NC(C)c1cccs1. The molecule has 21 heavy (non-hydrogen) atoms. The van der Waals surface area contributed by atoms with Gasteiger partial charge in [-0.15, -0.1) is 22.7 Å². The third-order valence-electron chi connectivity index (χ3n) is 2.86. The van der Waals surface area contributed by atoms with Crippen molar-refractivity contribution in [1.29, 1.82) is 0 Å². The lowest BCUT2D eigenvalue weighted by molar-refractivity contribution is 0.0602. The van der Waals surface area contributed by atoms with Gasteiger partial charge in [0.25, 0.3) is 0 Å². The molecule has 0 spiro atoms. The molecule has 114 valence electrons. The van der Waals surface area contributed by atoms with Crippen LogP contribution < -0.4 is 4.72 Å². The van der Waals surface area contributed by atoms with Crippen molar-refractivity contribution < 1.29 is 17.9 Å². The maximum atomic E-state index is 12.6. The standard InChI is InChI=1S/C13H15NO4S3/c1-8-7-20-11(13(15)18-3)12(8)21(16,17)14-9(2)10-5-4-6-19-10/h4-7,9,14H,1-3H3. The molecule has 0 aliphatic heterocycles. The zero-order valence-electron chi connectivity index (χ0n) is 11.7.